The molecule has 2 rings (SSSR count). The standard InChI is InChI=1S/C19H21ClN2O3/c1-25-17-4-2-3-14(13-17)5-10-18(23)21-11-12-22-19(24)15-6-8-16(20)9-7-15/h2-4,6-9,13H,5,10-12H2,1H3,(H,21,23)(H,22,24). The second-order valence-corrected chi connectivity index (χ2v) is 5.90. The van der Waals surface area contributed by atoms with Crippen LogP contribution in [0.4, 0.5) is 0 Å². The van der Waals surface area contributed by atoms with Gasteiger partial charge in [-0.05, 0) is 48.4 Å². The molecule has 0 aliphatic rings. The molecule has 0 aliphatic carbocycles. The molecule has 2 N–H and O–H groups in total. The Kier molecular flexibility index (Phi) is 7.29. The maximum atomic E-state index is 11.9. The summed E-state index contributed by atoms with van der Waals surface area (Å²) in [5.74, 6) is 0.536. The van der Waals surface area contributed by atoms with Gasteiger partial charge in [0.2, 0.25) is 5.91 Å². The molecule has 0 saturated carbocycles. The van der Waals surface area contributed by atoms with Gasteiger partial charge in [-0.25, -0.2) is 0 Å². The SMILES string of the molecule is COc1cccc(CCC(=O)NCCNC(=O)c2ccc(Cl)cc2)c1. The maximum absolute atomic E-state index is 11.9. The molecule has 2 amide bonds. The van der Waals surface area contributed by atoms with Gasteiger partial charge in [0.1, 0.15) is 5.75 Å². The molecule has 0 spiro atoms. The number of carbonyl (C=O) groups excluding carboxylic acids is 2. The van der Waals surface area contributed by atoms with E-state index in [0.29, 0.717) is 36.5 Å². The van der Waals surface area contributed by atoms with Gasteiger partial charge < -0.3 is 15.4 Å². The van der Waals surface area contributed by atoms with E-state index in [9.17, 15) is 9.59 Å². The molecule has 2 aromatic rings. The molecule has 0 aliphatic heterocycles. The van der Waals surface area contributed by atoms with Gasteiger partial charge >= 0.3 is 0 Å². The second-order valence-electron chi connectivity index (χ2n) is 5.46. The number of amides is 2. The summed E-state index contributed by atoms with van der Waals surface area (Å²) in [6, 6.07) is 14.3. The van der Waals surface area contributed by atoms with Crippen molar-refractivity contribution < 1.29 is 14.3 Å². The number of hydrogen-bond acceptors (Lipinski definition) is 3. The summed E-state index contributed by atoms with van der Waals surface area (Å²) in [6.07, 6.45) is 1.03. The number of carbonyl (C=O) groups is 2. The van der Waals surface area contributed by atoms with Crippen molar-refractivity contribution in [1.29, 1.82) is 0 Å². The van der Waals surface area contributed by atoms with Crippen LogP contribution in [0.2, 0.25) is 5.02 Å². The second kappa shape index (κ2) is 9.69. The summed E-state index contributed by atoms with van der Waals surface area (Å²) in [5, 5.41) is 6.12. The Labute approximate surface area is 152 Å². The summed E-state index contributed by atoms with van der Waals surface area (Å²) in [6.45, 7) is 0.753. The van der Waals surface area contributed by atoms with E-state index in [-0.39, 0.29) is 11.8 Å². The van der Waals surface area contributed by atoms with E-state index in [0.717, 1.165) is 11.3 Å². The molecule has 2 aromatic carbocycles. The molecule has 0 radical (unpaired) electrons. The fourth-order valence-electron chi connectivity index (χ4n) is 2.26. The van der Waals surface area contributed by atoms with Gasteiger partial charge in [-0.15, -0.1) is 0 Å². The molecule has 0 atom stereocenters. The Bertz CT molecular complexity index is 717. The van der Waals surface area contributed by atoms with Crippen molar-refractivity contribution in [3.63, 3.8) is 0 Å². The number of hydrogen-bond donors (Lipinski definition) is 2. The van der Waals surface area contributed by atoms with E-state index in [1.165, 1.54) is 0 Å². The highest BCUT2D eigenvalue weighted by Crippen LogP contribution is 2.13. The van der Waals surface area contributed by atoms with Crippen molar-refractivity contribution >= 4 is 23.4 Å². The number of halogens is 1. The Hall–Kier alpha value is -2.53. The van der Waals surface area contributed by atoms with Crippen LogP contribution in [0, 0.1) is 0 Å². The van der Waals surface area contributed by atoms with Gasteiger partial charge in [-0.2, -0.15) is 0 Å². The number of methoxy groups -OCH3 is 1. The largest absolute Gasteiger partial charge is 0.497 e. The molecule has 0 unspecified atom stereocenters. The average molecular weight is 361 g/mol. The van der Waals surface area contributed by atoms with E-state index in [1.807, 2.05) is 24.3 Å². The van der Waals surface area contributed by atoms with Gasteiger partial charge in [0, 0.05) is 30.1 Å². The highest BCUT2D eigenvalue weighted by atomic mass is 35.5. The first-order valence-corrected chi connectivity index (χ1v) is 8.39. The smallest absolute Gasteiger partial charge is 0.251 e. The van der Waals surface area contributed by atoms with Crippen LogP contribution < -0.4 is 15.4 Å². The summed E-state index contributed by atoms with van der Waals surface area (Å²) >= 11 is 5.78. The summed E-state index contributed by atoms with van der Waals surface area (Å²) in [5.41, 5.74) is 1.58. The number of rotatable bonds is 8. The molecular weight excluding hydrogens is 340 g/mol. The van der Waals surface area contributed by atoms with Crippen molar-refractivity contribution in [2.75, 3.05) is 20.2 Å². The van der Waals surface area contributed by atoms with Crippen molar-refractivity contribution in [3.05, 3.63) is 64.7 Å². The maximum Gasteiger partial charge on any atom is 0.251 e. The van der Waals surface area contributed by atoms with E-state index in [4.69, 9.17) is 16.3 Å². The molecule has 132 valence electrons. The topological polar surface area (TPSA) is 67.4 Å². The van der Waals surface area contributed by atoms with Gasteiger partial charge in [0.25, 0.3) is 5.91 Å². The first-order chi connectivity index (χ1) is 12.1. The number of benzene rings is 2. The van der Waals surface area contributed by atoms with Gasteiger partial charge in [0.05, 0.1) is 7.11 Å². The molecule has 0 heterocycles. The lowest BCUT2D eigenvalue weighted by atomic mass is 10.1. The molecule has 25 heavy (non-hydrogen) atoms. The minimum atomic E-state index is -0.192. The van der Waals surface area contributed by atoms with Crippen LogP contribution in [-0.4, -0.2) is 32.0 Å². The van der Waals surface area contributed by atoms with E-state index in [1.54, 1.807) is 31.4 Å². The van der Waals surface area contributed by atoms with Crippen LogP contribution in [0.15, 0.2) is 48.5 Å². The normalized spacial score (nSPS) is 10.2. The fourth-order valence-corrected chi connectivity index (χ4v) is 2.38. The van der Waals surface area contributed by atoms with E-state index >= 15 is 0 Å². The zero-order chi connectivity index (χ0) is 18.1. The highest BCUT2D eigenvalue weighted by molar-refractivity contribution is 6.30. The third-order valence-electron chi connectivity index (χ3n) is 3.61. The van der Waals surface area contributed by atoms with E-state index < -0.39 is 0 Å². The summed E-state index contributed by atoms with van der Waals surface area (Å²) in [4.78, 5) is 23.7. The Morgan fingerprint density at radius 2 is 1.76 bits per heavy atom. The monoisotopic (exact) mass is 360 g/mol. The lowest BCUT2D eigenvalue weighted by Crippen LogP contribution is -2.34. The fraction of sp³-hybridized carbons (Fsp3) is 0.263. The summed E-state index contributed by atoms with van der Waals surface area (Å²) in [7, 11) is 1.62. The number of aryl methyl sites for hydroxylation is 1. The van der Waals surface area contributed by atoms with Crippen LogP contribution in [0.5, 0.6) is 5.75 Å². The Balaban J connectivity index is 1.65. The number of nitrogens with one attached hydrogen (secondary N) is 2. The van der Waals surface area contributed by atoms with Crippen molar-refractivity contribution in [2.24, 2.45) is 0 Å². The van der Waals surface area contributed by atoms with Gasteiger partial charge in [-0.3, -0.25) is 9.59 Å². The zero-order valence-corrected chi connectivity index (χ0v) is 14.8. The Morgan fingerprint density at radius 1 is 1.04 bits per heavy atom. The van der Waals surface area contributed by atoms with Crippen LogP contribution >= 0.6 is 11.6 Å². The van der Waals surface area contributed by atoms with Crippen molar-refractivity contribution in [1.82, 2.24) is 10.6 Å². The van der Waals surface area contributed by atoms with Crippen molar-refractivity contribution in [3.8, 4) is 5.75 Å². The molecule has 6 heteroatoms. The molecule has 0 fully saturated rings. The van der Waals surface area contributed by atoms with Crippen molar-refractivity contribution in [2.45, 2.75) is 12.8 Å². The first kappa shape index (κ1) is 18.8. The lowest BCUT2D eigenvalue weighted by molar-refractivity contribution is -0.121. The third kappa shape index (κ3) is 6.47. The predicted molar refractivity (Wildman–Crippen MR) is 98.1 cm³/mol. The predicted octanol–water partition coefficient (Wildman–Crippen LogP) is 2.83. The quantitative estimate of drug-likeness (QED) is 0.711. The zero-order valence-electron chi connectivity index (χ0n) is 14.0. The lowest BCUT2D eigenvalue weighted by Gasteiger charge is -2.08. The third-order valence-corrected chi connectivity index (χ3v) is 3.87. The number of ether oxygens (including phenoxy) is 1. The van der Waals surface area contributed by atoms with Gasteiger partial charge in [-0.1, -0.05) is 23.7 Å². The first-order valence-electron chi connectivity index (χ1n) is 8.02. The van der Waals surface area contributed by atoms with E-state index in [2.05, 4.69) is 10.6 Å². The van der Waals surface area contributed by atoms with Crippen LogP contribution in [0.3, 0.4) is 0 Å². The van der Waals surface area contributed by atoms with Crippen LogP contribution in [0.1, 0.15) is 22.3 Å². The molecule has 0 bridgehead atoms. The molecule has 0 saturated heterocycles. The molecule has 0 aromatic heterocycles. The average Bonchev–Trinajstić information content (AvgIpc) is 2.64. The summed E-state index contributed by atoms with van der Waals surface area (Å²) < 4.78 is 5.16. The molecule has 5 nitrogen and oxygen atoms in total. The highest BCUT2D eigenvalue weighted by Gasteiger charge is 2.06. The minimum Gasteiger partial charge on any atom is -0.497 e. The minimum absolute atomic E-state index is 0.0523. The molecular formula is C19H21ClN2O3. The van der Waals surface area contributed by atoms with Crippen LogP contribution in [-0.2, 0) is 11.2 Å². The Morgan fingerprint density at radius 3 is 2.48 bits per heavy atom. The van der Waals surface area contributed by atoms with Crippen LogP contribution in [0.25, 0.3) is 0 Å². The van der Waals surface area contributed by atoms with Gasteiger partial charge in [0.15, 0.2) is 0 Å².